The zero-order valence-electron chi connectivity index (χ0n) is 13.5. The third kappa shape index (κ3) is 3.19. The van der Waals surface area contributed by atoms with Crippen LogP contribution < -0.4 is 4.74 Å². The van der Waals surface area contributed by atoms with Crippen LogP contribution >= 0.6 is 11.6 Å². The second-order valence-electron chi connectivity index (χ2n) is 5.45. The molecule has 0 fully saturated rings. The van der Waals surface area contributed by atoms with Gasteiger partial charge in [0.1, 0.15) is 10.9 Å². The van der Waals surface area contributed by atoms with Crippen molar-refractivity contribution in [2.75, 3.05) is 7.11 Å². The number of halogens is 1. The molecule has 1 heterocycles. The van der Waals surface area contributed by atoms with Crippen LogP contribution in [-0.2, 0) is 6.54 Å². The van der Waals surface area contributed by atoms with Gasteiger partial charge >= 0.3 is 0 Å². The van der Waals surface area contributed by atoms with E-state index in [0.29, 0.717) is 28.5 Å². The fraction of sp³-hybridized carbons (Fsp3) is 0.158. The summed E-state index contributed by atoms with van der Waals surface area (Å²) in [7, 11) is 1.63. The molecule has 3 aromatic rings. The Morgan fingerprint density at radius 3 is 2.42 bits per heavy atom. The molecule has 0 saturated heterocycles. The topological polar surface area (TPSA) is 44.1 Å². The number of hydrogen-bond acceptors (Lipinski definition) is 3. The van der Waals surface area contributed by atoms with E-state index < -0.39 is 0 Å². The molecular weight excluding hydrogens is 324 g/mol. The summed E-state index contributed by atoms with van der Waals surface area (Å²) in [5.74, 6) is 0.681. The molecule has 2 aromatic carbocycles. The lowest BCUT2D eigenvalue weighted by Crippen LogP contribution is -2.04. The highest BCUT2D eigenvalue weighted by atomic mass is 35.5. The number of aromatic nitrogens is 2. The number of hydrogen-bond donors (Lipinski definition) is 0. The Hall–Kier alpha value is -2.59. The number of rotatable bonds is 5. The summed E-state index contributed by atoms with van der Waals surface area (Å²) in [5, 5.41) is 4.79. The number of methoxy groups -OCH3 is 1. The normalized spacial score (nSPS) is 10.6. The van der Waals surface area contributed by atoms with Crippen molar-refractivity contribution in [3.8, 4) is 5.75 Å². The molecule has 0 aliphatic rings. The summed E-state index contributed by atoms with van der Waals surface area (Å²) in [6.45, 7) is 2.29. The van der Waals surface area contributed by atoms with Crippen molar-refractivity contribution in [3.63, 3.8) is 0 Å². The van der Waals surface area contributed by atoms with Crippen LogP contribution in [0.3, 0.4) is 0 Å². The van der Waals surface area contributed by atoms with Gasteiger partial charge in [-0.1, -0.05) is 54.1 Å². The first kappa shape index (κ1) is 16.3. The van der Waals surface area contributed by atoms with Crippen molar-refractivity contribution in [3.05, 3.63) is 82.1 Å². The molecule has 0 aliphatic carbocycles. The largest absolute Gasteiger partial charge is 0.497 e. The predicted octanol–water partition coefficient (Wildman–Crippen LogP) is 4.13. The zero-order chi connectivity index (χ0) is 17.1. The van der Waals surface area contributed by atoms with E-state index in [4.69, 9.17) is 16.3 Å². The van der Waals surface area contributed by atoms with E-state index in [1.54, 1.807) is 30.8 Å². The van der Waals surface area contributed by atoms with Crippen molar-refractivity contribution >= 4 is 17.4 Å². The van der Waals surface area contributed by atoms with Crippen LogP contribution in [0.4, 0.5) is 0 Å². The zero-order valence-corrected chi connectivity index (χ0v) is 14.2. The van der Waals surface area contributed by atoms with Gasteiger partial charge in [0, 0.05) is 5.56 Å². The minimum Gasteiger partial charge on any atom is -0.497 e. The number of carbonyl (C=O) groups excluding carboxylic acids is 1. The maximum absolute atomic E-state index is 12.7. The fourth-order valence-corrected chi connectivity index (χ4v) is 2.87. The fourth-order valence-electron chi connectivity index (χ4n) is 2.55. The van der Waals surface area contributed by atoms with Gasteiger partial charge in [-0.25, -0.2) is 4.68 Å². The maximum Gasteiger partial charge on any atom is 0.198 e. The van der Waals surface area contributed by atoms with E-state index in [-0.39, 0.29) is 5.78 Å². The van der Waals surface area contributed by atoms with Gasteiger partial charge in [-0.2, -0.15) is 5.10 Å². The van der Waals surface area contributed by atoms with Crippen molar-refractivity contribution in [2.24, 2.45) is 0 Å². The Balaban J connectivity index is 1.90. The van der Waals surface area contributed by atoms with Gasteiger partial charge in [-0.05, 0) is 24.6 Å². The molecule has 24 heavy (non-hydrogen) atoms. The van der Waals surface area contributed by atoms with E-state index >= 15 is 0 Å². The number of ether oxygens (including phenoxy) is 1. The molecule has 0 atom stereocenters. The van der Waals surface area contributed by atoms with Crippen LogP contribution in [0.15, 0.2) is 54.6 Å². The van der Waals surface area contributed by atoms with E-state index in [0.717, 1.165) is 11.3 Å². The smallest absolute Gasteiger partial charge is 0.198 e. The molecule has 3 rings (SSSR count). The molecule has 5 heteroatoms. The summed E-state index contributed by atoms with van der Waals surface area (Å²) >= 11 is 6.44. The third-order valence-electron chi connectivity index (χ3n) is 3.82. The number of ketones is 1. The molecule has 1 aromatic heterocycles. The van der Waals surface area contributed by atoms with Crippen LogP contribution in [0, 0.1) is 6.92 Å². The Morgan fingerprint density at radius 2 is 1.79 bits per heavy atom. The molecule has 0 N–H and O–H groups in total. The van der Waals surface area contributed by atoms with Gasteiger partial charge in [-0.15, -0.1) is 0 Å². The van der Waals surface area contributed by atoms with Crippen molar-refractivity contribution in [2.45, 2.75) is 13.5 Å². The van der Waals surface area contributed by atoms with E-state index in [1.807, 2.05) is 42.5 Å². The van der Waals surface area contributed by atoms with Crippen LogP contribution in [-0.4, -0.2) is 22.7 Å². The predicted molar refractivity (Wildman–Crippen MR) is 93.9 cm³/mol. The molecule has 0 saturated carbocycles. The molecule has 0 bridgehead atoms. The highest BCUT2D eigenvalue weighted by molar-refractivity contribution is 6.34. The minimum absolute atomic E-state index is 0.112. The summed E-state index contributed by atoms with van der Waals surface area (Å²) in [4.78, 5) is 12.7. The quantitative estimate of drug-likeness (QED) is 0.656. The molecule has 122 valence electrons. The average molecular weight is 341 g/mol. The van der Waals surface area contributed by atoms with Crippen LogP contribution in [0.5, 0.6) is 5.75 Å². The lowest BCUT2D eigenvalue weighted by Gasteiger charge is -2.05. The van der Waals surface area contributed by atoms with Crippen LogP contribution in [0.1, 0.15) is 27.2 Å². The Bertz CT molecular complexity index is 855. The van der Waals surface area contributed by atoms with Gasteiger partial charge in [-0.3, -0.25) is 4.79 Å². The first-order valence-electron chi connectivity index (χ1n) is 7.55. The van der Waals surface area contributed by atoms with Crippen molar-refractivity contribution in [1.29, 1.82) is 0 Å². The van der Waals surface area contributed by atoms with E-state index in [1.165, 1.54) is 0 Å². The maximum atomic E-state index is 12.7. The third-order valence-corrected chi connectivity index (χ3v) is 4.20. The van der Waals surface area contributed by atoms with Gasteiger partial charge in [0.25, 0.3) is 0 Å². The lowest BCUT2D eigenvalue weighted by molar-refractivity contribution is 0.103. The number of aryl methyl sites for hydroxylation is 1. The summed E-state index contributed by atoms with van der Waals surface area (Å²) < 4.78 is 6.80. The highest BCUT2D eigenvalue weighted by Crippen LogP contribution is 2.24. The first-order valence-corrected chi connectivity index (χ1v) is 7.93. The second-order valence-corrected chi connectivity index (χ2v) is 5.81. The number of carbonyl (C=O) groups is 1. The van der Waals surface area contributed by atoms with Gasteiger partial charge < -0.3 is 4.74 Å². The van der Waals surface area contributed by atoms with Crippen LogP contribution in [0.25, 0.3) is 0 Å². The van der Waals surface area contributed by atoms with E-state index in [9.17, 15) is 4.79 Å². The lowest BCUT2D eigenvalue weighted by atomic mass is 10.0. The molecule has 0 amide bonds. The highest BCUT2D eigenvalue weighted by Gasteiger charge is 2.21. The Kier molecular flexibility index (Phi) is 4.67. The minimum atomic E-state index is -0.112. The summed E-state index contributed by atoms with van der Waals surface area (Å²) in [6.07, 6.45) is 0. The van der Waals surface area contributed by atoms with Crippen LogP contribution in [0.2, 0.25) is 5.15 Å². The molecule has 0 spiro atoms. The summed E-state index contributed by atoms with van der Waals surface area (Å²) in [5.41, 5.74) is 2.71. The van der Waals surface area contributed by atoms with Gasteiger partial charge in [0.15, 0.2) is 5.78 Å². The molecule has 0 unspecified atom stereocenters. The molecule has 0 radical (unpaired) electrons. The SMILES string of the molecule is COc1ccc(Cn2nc(C)c(C(=O)c3ccccc3)c2Cl)cc1. The monoisotopic (exact) mass is 340 g/mol. The molecule has 4 nitrogen and oxygen atoms in total. The van der Waals surface area contributed by atoms with Gasteiger partial charge in [0.05, 0.1) is 24.9 Å². The molecular formula is C19H17ClN2O2. The standard InChI is InChI=1S/C19H17ClN2O2/c1-13-17(18(23)15-6-4-3-5-7-15)19(20)22(21-13)12-14-8-10-16(24-2)11-9-14/h3-11H,12H2,1-2H3. The summed E-state index contributed by atoms with van der Waals surface area (Å²) in [6, 6.07) is 16.8. The first-order chi connectivity index (χ1) is 11.6. The number of benzene rings is 2. The second kappa shape index (κ2) is 6.89. The van der Waals surface area contributed by atoms with E-state index in [2.05, 4.69) is 5.10 Å². The Labute approximate surface area is 145 Å². The average Bonchev–Trinajstić information content (AvgIpc) is 2.89. The number of nitrogens with zero attached hydrogens (tertiary/aromatic N) is 2. The molecule has 0 aliphatic heterocycles. The Morgan fingerprint density at radius 1 is 1.12 bits per heavy atom. The van der Waals surface area contributed by atoms with Crippen molar-refractivity contribution < 1.29 is 9.53 Å². The van der Waals surface area contributed by atoms with Crippen molar-refractivity contribution in [1.82, 2.24) is 9.78 Å². The van der Waals surface area contributed by atoms with Gasteiger partial charge in [0.2, 0.25) is 0 Å².